The Balaban J connectivity index is 1.94. The van der Waals surface area contributed by atoms with Crippen LogP contribution in [-0.2, 0) is 9.53 Å². The first-order valence-electron chi connectivity index (χ1n) is 6.88. The third kappa shape index (κ3) is 2.68. The number of likely N-dealkylation sites (N-methyl/N-ethyl adjacent to an activating group) is 1. The fourth-order valence-corrected chi connectivity index (χ4v) is 2.98. The van der Waals surface area contributed by atoms with Gasteiger partial charge < -0.3 is 9.84 Å². The van der Waals surface area contributed by atoms with Gasteiger partial charge in [-0.2, -0.15) is 0 Å². The molecule has 0 saturated carbocycles. The third-order valence-corrected chi connectivity index (χ3v) is 4.34. The summed E-state index contributed by atoms with van der Waals surface area (Å²) < 4.78 is 5.77. The van der Waals surface area contributed by atoms with Crippen LogP contribution in [0.3, 0.4) is 0 Å². The minimum atomic E-state index is -0.705. The van der Waals surface area contributed by atoms with E-state index in [1.54, 1.807) is 0 Å². The van der Waals surface area contributed by atoms with Crippen LogP contribution < -0.4 is 0 Å². The monoisotopic (exact) mass is 256 g/mol. The van der Waals surface area contributed by atoms with Crippen LogP contribution in [0.25, 0.3) is 0 Å². The maximum atomic E-state index is 11.4. The molecule has 2 heterocycles. The highest BCUT2D eigenvalue weighted by Gasteiger charge is 2.44. The number of aliphatic carboxylic acids is 1. The van der Waals surface area contributed by atoms with Crippen molar-refractivity contribution in [2.24, 2.45) is 0 Å². The van der Waals surface area contributed by atoms with Gasteiger partial charge in [0.05, 0.1) is 12.7 Å². The van der Waals surface area contributed by atoms with Gasteiger partial charge in [-0.1, -0.05) is 6.92 Å². The number of likely N-dealkylation sites (tertiary alicyclic amines) is 1. The molecule has 1 N–H and O–H groups in total. The number of carboxylic acids is 1. The summed E-state index contributed by atoms with van der Waals surface area (Å²) in [6.45, 7) is 9.30. The first-order valence-corrected chi connectivity index (χ1v) is 6.88. The Morgan fingerprint density at radius 1 is 1.50 bits per heavy atom. The van der Waals surface area contributed by atoms with Gasteiger partial charge in [-0.25, -0.2) is 0 Å². The van der Waals surface area contributed by atoms with Crippen molar-refractivity contribution in [2.75, 3.05) is 39.3 Å². The standard InChI is InChI=1S/C13H24N2O3/c1-3-14-7-8-18-11(9-14)10-15-6-4-5-13(15,2)12(16)17/h11H,3-10H2,1-2H3,(H,16,17). The van der Waals surface area contributed by atoms with E-state index in [2.05, 4.69) is 16.7 Å². The summed E-state index contributed by atoms with van der Waals surface area (Å²) in [6, 6.07) is 0. The molecule has 5 heteroatoms. The molecule has 104 valence electrons. The SMILES string of the molecule is CCN1CCOC(CN2CCCC2(C)C(=O)O)C1. The summed E-state index contributed by atoms with van der Waals surface area (Å²) in [5.41, 5.74) is -0.697. The fraction of sp³-hybridized carbons (Fsp3) is 0.923. The lowest BCUT2D eigenvalue weighted by atomic mass is 9.99. The molecular weight excluding hydrogens is 232 g/mol. The zero-order valence-corrected chi connectivity index (χ0v) is 11.4. The lowest BCUT2D eigenvalue weighted by Crippen LogP contribution is -2.54. The highest BCUT2D eigenvalue weighted by molar-refractivity contribution is 5.78. The average molecular weight is 256 g/mol. The topological polar surface area (TPSA) is 53.0 Å². The summed E-state index contributed by atoms with van der Waals surface area (Å²) in [7, 11) is 0. The molecule has 18 heavy (non-hydrogen) atoms. The molecule has 0 aliphatic carbocycles. The maximum absolute atomic E-state index is 11.4. The Hall–Kier alpha value is -0.650. The Morgan fingerprint density at radius 2 is 2.28 bits per heavy atom. The first kappa shape index (κ1) is 13.8. The van der Waals surface area contributed by atoms with Crippen molar-refractivity contribution in [3.8, 4) is 0 Å². The van der Waals surface area contributed by atoms with Crippen molar-refractivity contribution in [3.63, 3.8) is 0 Å². The van der Waals surface area contributed by atoms with Crippen LogP contribution in [-0.4, -0.2) is 71.8 Å². The van der Waals surface area contributed by atoms with Crippen molar-refractivity contribution >= 4 is 5.97 Å². The third-order valence-electron chi connectivity index (χ3n) is 4.34. The van der Waals surface area contributed by atoms with Gasteiger partial charge >= 0.3 is 5.97 Å². The van der Waals surface area contributed by atoms with E-state index in [0.717, 1.165) is 52.2 Å². The van der Waals surface area contributed by atoms with E-state index in [9.17, 15) is 9.90 Å². The molecular formula is C13H24N2O3. The zero-order valence-electron chi connectivity index (χ0n) is 11.4. The van der Waals surface area contributed by atoms with Crippen molar-refractivity contribution in [1.29, 1.82) is 0 Å². The van der Waals surface area contributed by atoms with E-state index in [0.29, 0.717) is 0 Å². The smallest absolute Gasteiger partial charge is 0.323 e. The quantitative estimate of drug-likeness (QED) is 0.800. The average Bonchev–Trinajstić information content (AvgIpc) is 2.73. The van der Waals surface area contributed by atoms with Crippen LogP contribution in [0, 0.1) is 0 Å². The number of nitrogens with zero attached hydrogens (tertiary/aromatic N) is 2. The lowest BCUT2D eigenvalue weighted by Gasteiger charge is -2.38. The van der Waals surface area contributed by atoms with Crippen LogP contribution in [0.15, 0.2) is 0 Å². The molecule has 2 aliphatic rings. The highest BCUT2D eigenvalue weighted by atomic mass is 16.5. The number of carbonyl (C=O) groups is 1. The van der Waals surface area contributed by atoms with Crippen molar-refractivity contribution in [1.82, 2.24) is 9.80 Å². The molecule has 0 amide bonds. The predicted octanol–water partition coefficient (Wildman–Crippen LogP) is 0.646. The molecule has 0 radical (unpaired) electrons. The maximum Gasteiger partial charge on any atom is 0.323 e. The Bertz CT molecular complexity index is 311. The molecule has 0 aromatic rings. The zero-order chi connectivity index (χ0) is 13.2. The largest absolute Gasteiger partial charge is 0.480 e. The number of carboxylic acid groups (broad SMARTS) is 1. The number of hydrogen-bond donors (Lipinski definition) is 1. The Kier molecular flexibility index (Phi) is 4.25. The van der Waals surface area contributed by atoms with Gasteiger partial charge in [-0.05, 0) is 32.9 Å². The first-order chi connectivity index (χ1) is 8.56. The van der Waals surface area contributed by atoms with Gasteiger partial charge in [0, 0.05) is 19.6 Å². The molecule has 2 fully saturated rings. The Labute approximate surface area is 109 Å². The molecule has 2 rings (SSSR count). The predicted molar refractivity (Wildman–Crippen MR) is 68.7 cm³/mol. The molecule has 2 aliphatic heterocycles. The van der Waals surface area contributed by atoms with E-state index < -0.39 is 11.5 Å². The van der Waals surface area contributed by atoms with Crippen molar-refractivity contribution < 1.29 is 14.6 Å². The Morgan fingerprint density at radius 3 is 2.94 bits per heavy atom. The second kappa shape index (κ2) is 5.55. The van der Waals surface area contributed by atoms with Crippen LogP contribution in [0.5, 0.6) is 0 Å². The van der Waals surface area contributed by atoms with E-state index in [1.165, 1.54) is 0 Å². The molecule has 0 spiro atoms. The molecule has 2 unspecified atom stereocenters. The van der Waals surface area contributed by atoms with Crippen LogP contribution >= 0.6 is 0 Å². The summed E-state index contributed by atoms with van der Waals surface area (Å²) in [5, 5.41) is 9.38. The molecule has 0 aromatic carbocycles. The molecule has 5 nitrogen and oxygen atoms in total. The van der Waals surface area contributed by atoms with Gasteiger partial charge in [-0.3, -0.25) is 14.6 Å². The van der Waals surface area contributed by atoms with E-state index in [-0.39, 0.29) is 6.10 Å². The fourth-order valence-electron chi connectivity index (χ4n) is 2.98. The molecule has 2 atom stereocenters. The van der Waals surface area contributed by atoms with Crippen LogP contribution in [0.1, 0.15) is 26.7 Å². The second-order valence-corrected chi connectivity index (χ2v) is 5.51. The van der Waals surface area contributed by atoms with Gasteiger partial charge in [0.2, 0.25) is 0 Å². The van der Waals surface area contributed by atoms with Gasteiger partial charge in [-0.15, -0.1) is 0 Å². The number of ether oxygens (including phenoxy) is 1. The normalized spacial score (nSPS) is 34.9. The van der Waals surface area contributed by atoms with Crippen LogP contribution in [0.2, 0.25) is 0 Å². The molecule has 0 aromatic heterocycles. The van der Waals surface area contributed by atoms with Crippen molar-refractivity contribution in [2.45, 2.75) is 38.3 Å². The summed E-state index contributed by atoms with van der Waals surface area (Å²) in [5.74, 6) is -0.705. The summed E-state index contributed by atoms with van der Waals surface area (Å²) in [4.78, 5) is 15.8. The lowest BCUT2D eigenvalue weighted by molar-refractivity contribution is -0.150. The van der Waals surface area contributed by atoms with E-state index in [1.807, 2.05) is 6.92 Å². The number of rotatable bonds is 4. The van der Waals surface area contributed by atoms with Gasteiger partial charge in [0.15, 0.2) is 0 Å². The van der Waals surface area contributed by atoms with E-state index in [4.69, 9.17) is 4.74 Å². The molecule has 2 saturated heterocycles. The minimum Gasteiger partial charge on any atom is -0.480 e. The van der Waals surface area contributed by atoms with Gasteiger partial charge in [0.1, 0.15) is 5.54 Å². The van der Waals surface area contributed by atoms with Crippen molar-refractivity contribution in [3.05, 3.63) is 0 Å². The minimum absolute atomic E-state index is 0.149. The second-order valence-electron chi connectivity index (χ2n) is 5.51. The van der Waals surface area contributed by atoms with Crippen LogP contribution in [0.4, 0.5) is 0 Å². The number of hydrogen-bond acceptors (Lipinski definition) is 4. The summed E-state index contributed by atoms with van der Waals surface area (Å²) >= 11 is 0. The molecule has 0 bridgehead atoms. The summed E-state index contributed by atoms with van der Waals surface area (Å²) in [6.07, 6.45) is 1.86. The van der Waals surface area contributed by atoms with Gasteiger partial charge in [0.25, 0.3) is 0 Å². The highest BCUT2D eigenvalue weighted by Crippen LogP contribution is 2.29. The number of morpholine rings is 1. The van der Waals surface area contributed by atoms with E-state index >= 15 is 0 Å².